The molecule has 0 spiro atoms. The minimum atomic E-state index is -0.506. The van der Waals surface area contributed by atoms with E-state index in [4.69, 9.17) is 5.73 Å². The molecule has 2 rings (SSSR count). The largest absolute Gasteiger partial charge is 0.399 e. The van der Waals surface area contributed by atoms with Gasteiger partial charge < -0.3 is 11.1 Å². The van der Waals surface area contributed by atoms with Gasteiger partial charge in [-0.1, -0.05) is 29.8 Å². The van der Waals surface area contributed by atoms with Gasteiger partial charge in [-0.25, -0.2) is 4.79 Å². The SMILES string of the molecule is Cc1ccc(CCNC(=O)NC(=O)c2ccc(N)cc2)cc1. The predicted molar refractivity (Wildman–Crippen MR) is 86.6 cm³/mol. The number of carbonyl (C=O) groups is 2. The Kier molecular flexibility index (Phi) is 5.14. The molecule has 0 radical (unpaired) electrons. The first-order valence-corrected chi connectivity index (χ1v) is 7.05. The van der Waals surface area contributed by atoms with Gasteiger partial charge in [0.05, 0.1) is 0 Å². The fourth-order valence-corrected chi connectivity index (χ4v) is 1.93. The number of rotatable bonds is 4. The molecule has 0 aliphatic rings. The molecule has 0 bridgehead atoms. The Morgan fingerprint density at radius 2 is 1.64 bits per heavy atom. The summed E-state index contributed by atoms with van der Waals surface area (Å²) in [5.41, 5.74) is 8.84. The number of carbonyl (C=O) groups excluding carboxylic acids is 2. The van der Waals surface area contributed by atoms with Crippen LogP contribution in [0.15, 0.2) is 48.5 Å². The van der Waals surface area contributed by atoms with Gasteiger partial charge in [0.2, 0.25) is 0 Å². The van der Waals surface area contributed by atoms with E-state index in [1.54, 1.807) is 24.3 Å². The summed E-state index contributed by atoms with van der Waals surface area (Å²) in [6.07, 6.45) is 0.712. The summed E-state index contributed by atoms with van der Waals surface area (Å²) in [6, 6.07) is 14.0. The zero-order valence-electron chi connectivity index (χ0n) is 12.4. The molecule has 0 aliphatic heterocycles. The van der Waals surface area contributed by atoms with Crippen LogP contribution < -0.4 is 16.4 Å². The van der Waals surface area contributed by atoms with Gasteiger partial charge >= 0.3 is 6.03 Å². The van der Waals surface area contributed by atoms with Crippen LogP contribution in [-0.4, -0.2) is 18.5 Å². The first-order valence-electron chi connectivity index (χ1n) is 7.05. The summed E-state index contributed by atoms with van der Waals surface area (Å²) in [6.45, 7) is 2.49. The molecular formula is C17H19N3O2. The van der Waals surface area contributed by atoms with Crippen LogP contribution in [-0.2, 0) is 6.42 Å². The highest BCUT2D eigenvalue weighted by molar-refractivity contribution is 6.04. The van der Waals surface area contributed by atoms with Crippen LogP contribution >= 0.6 is 0 Å². The molecule has 5 nitrogen and oxygen atoms in total. The van der Waals surface area contributed by atoms with E-state index < -0.39 is 11.9 Å². The summed E-state index contributed by atoms with van der Waals surface area (Å²) in [4.78, 5) is 23.5. The summed E-state index contributed by atoms with van der Waals surface area (Å²) < 4.78 is 0. The molecule has 22 heavy (non-hydrogen) atoms. The highest BCUT2D eigenvalue weighted by Crippen LogP contribution is 2.05. The minimum absolute atomic E-state index is 0.392. The van der Waals surface area contributed by atoms with Gasteiger partial charge in [-0.2, -0.15) is 0 Å². The number of hydrogen-bond acceptors (Lipinski definition) is 3. The Balaban J connectivity index is 1.76. The number of nitrogens with one attached hydrogen (secondary N) is 2. The third kappa shape index (κ3) is 4.63. The predicted octanol–water partition coefficient (Wildman–Crippen LogP) is 2.26. The number of aryl methyl sites for hydroxylation is 1. The lowest BCUT2D eigenvalue weighted by Crippen LogP contribution is -2.40. The van der Waals surface area contributed by atoms with Crippen molar-refractivity contribution in [2.45, 2.75) is 13.3 Å². The number of nitrogen functional groups attached to an aromatic ring is 1. The van der Waals surface area contributed by atoms with Crippen molar-refractivity contribution in [2.75, 3.05) is 12.3 Å². The van der Waals surface area contributed by atoms with E-state index >= 15 is 0 Å². The van der Waals surface area contributed by atoms with Crippen LogP contribution in [0.2, 0.25) is 0 Å². The molecule has 5 heteroatoms. The lowest BCUT2D eigenvalue weighted by molar-refractivity contribution is 0.0964. The van der Waals surface area contributed by atoms with Gasteiger partial charge in [-0.15, -0.1) is 0 Å². The fourth-order valence-electron chi connectivity index (χ4n) is 1.93. The zero-order valence-corrected chi connectivity index (χ0v) is 12.4. The van der Waals surface area contributed by atoms with Crippen LogP contribution in [0.5, 0.6) is 0 Å². The lowest BCUT2D eigenvalue weighted by Gasteiger charge is -2.07. The Morgan fingerprint density at radius 1 is 1.00 bits per heavy atom. The zero-order chi connectivity index (χ0) is 15.9. The maximum absolute atomic E-state index is 11.8. The number of nitrogens with two attached hydrogens (primary N) is 1. The normalized spacial score (nSPS) is 10.0. The number of amides is 3. The van der Waals surface area contributed by atoms with Crippen molar-refractivity contribution in [2.24, 2.45) is 0 Å². The van der Waals surface area contributed by atoms with Crippen molar-refractivity contribution in [3.63, 3.8) is 0 Å². The Labute approximate surface area is 129 Å². The topological polar surface area (TPSA) is 84.2 Å². The molecule has 0 fully saturated rings. The standard InChI is InChI=1S/C17H19N3O2/c1-12-2-4-13(5-3-12)10-11-19-17(22)20-16(21)14-6-8-15(18)9-7-14/h2-9H,10-11,18H2,1H3,(H2,19,20,21,22). The summed E-state index contributed by atoms with van der Waals surface area (Å²) in [5, 5.41) is 4.94. The van der Waals surface area contributed by atoms with E-state index in [9.17, 15) is 9.59 Å². The monoisotopic (exact) mass is 297 g/mol. The Hall–Kier alpha value is -2.82. The summed E-state index contributed by atoms with van der Waals surface area (Å²) >= 11 is 0. The summed E-state index contributed by atoms with van der Waals surface area (Å²) in [5.74, 6) is -0.451. The molecule has 0 aromatic heterocycles. The quantitative estimate of drug-likeness (QED) is 0.757. The number of imide groups is 1. The van der Waals surface area contributed by atoms with E-state index in [1.807, 2.05) is 31.2 Å². The van der Waals surface area contributed by atoms with E-state index in [1.165, 1.54) is 5.56 Å². The average Bonchev–Trinajstić information content (AvgIpc) is 2.50. The van der Waals surface area contributed by atoms with Crippen molar-refractivity contribution in [1.29, 1.82) is 0 Å². The number of anilines is 1. The Morgan fingerprint density at radius 3 is 2.27 bits per heavy atom. The van der Waals surface area contributed by atoms with Crippen LogP contribution in [0.3, 0.4) is 0 Å². The van der Waals surface area contributed by atoms with Crippen molar-refractivity contribution in [3.8, 4) is 0 Å². The molecule has 2 aromatic carbocycles. The van der Waals surface area contributed by atoms with Gasteiger partial charge in [0.25, 0.3) is 5.91 Å². The highest BCUT2D eigenvalue weighted by atomic mass is 16.2. The molecule has 0 saturated heterocycles. The highest BCUT2D eigenvalue weighted by Gasteiger charge is 2.09. The molecule has 3 amide bonds. The van der Waals surface area contributed by atoms with E-state index in [2.05, 4.69) is 10.6 Å². The molecule has 0 saturated carbocycles. The molecule has 0 atom stereocenters. The average molecular weight is 297 g/mol. The second kappa shape index (κ2) is 7.26. The van der Waals surface area contributed by atoms with E-state index in [0.717, 1.165) is 5.56 Å². The molecule has 4 N–H and O–H groups in total. The minimum Gasteiger partial charge on any atom is -0.399 e. The van der Waals surface area contributed by atoms with Crippen molar-refractivity contribution in [3.05, 3.63) is 65.2 Å². The number of urea groups is 1. The Bertz CT molecular complexity index is 649. The van der Waals surface area contributed by atoms with Crippen LogP contribution in [0.4, 0.5) is 10.5 Å². The first-order chi connectivity index (χ1) is 10.5. The number of hydrogen-bond donors (Lipinski definition) is 3. The molecule has 0 unspecified atom stereocenters. The van der Waals surface area contributed by atoms with E-state index in [0.29, 0.717) is 24.2 Å². The van der Waals surface area contributed by atoms with Gasteiger partial charge in [0.1, 0.15) is 0 Å². The maximum Gasteiger partial charge on any atom is 0.321 e. The smallest absolute Gasteiger partial charge is 0.321 e. The van der Waals surface area contributed by atoms with Crippen LogP contribution in [0.1, 0.15) is 21.5 Å². The third-order valence-electron chi connectivity index (χ3n) is 3.22. The lowest BCUT2D eigenvalue weighted by atomic mass is 10.1. The van der Waals surface area contributed by atoms with Gasteiger partial charge in [0.15, 0.2) is 0 Å². The summed E-state index contributed by atoms with van der Waals surface area (Å²) in [7, 11) is 0. The fraction of sp³-hybridized carbons (Fsp3) is 0.176. The van der Waals surface area contributed by atoms with Crippen LogP contribution in [0.25, 0.3) is 0 Å². The van der Waals surface area contributed by atoms with Crippen molar-refractivity contribution < 1.29 is 9.59 Å². The molecule has 114 valence electrons. The van der Waals surface area contributed by atoms with Gasteiger partial charge in [0, 0.05) is 17.8 Å². The third-order valence-corrected chi connectivity index (χ3v) is 3.22. The van der Waals surface area contributed by atoms with E-state index in [-0.39, 0.29) is 0 Å². The van der Waals surface area contributed by atoms with Crippen molar-refractivity contribution >= 4 is 17.6 Å². The second-order valence-electron chi connectivity index (χ2n) is 5.07. The molecule has 0 aliphatic carbocycles. The van der Waals surface area contributed by atoms with Gasteiger partial charge in [-0.05, 0) is 43.2 Å². The first kappa shape index (κ1) is 15.6. The molecule has 0 heterocycles. The maximum atomic E-state index is 11.8. The van der Waals surface area contributed by atoms with Gasteiger partial charge in [-0.3, -0.25) is 10.1 Å². The molecular weight excluding hydrogens is 278 g/mol. The second-order valence-corrected chi connectivity index (χ2v) is 5.07. The van der Waals surface area contributed by atoms with Crippen LogP contribution in [0, 0.1) is 6.92 Å². The molecule has 2 aromatic rings. The number of benzene rings is 2. The van der Waals surface area contributed by atoms with Crippen molar-refractivity contribution in [1.82, 2.24) is 10.6 Å².